The number of rotatable bonds is 2. The first-order chi connectivity index (χ1) is 7.20. The van der Waals surface area contributed by atoms with E-state index in [1.807, 2.05) is 0 Å². The number of aromatic nitrogens is 1. The summed E-state index contributed by atoms with van der Waals surface area (Å²) in [7, 11) is 1.53. The molecule has 0 fully saturated rings. The van der Waals surface area contributed by atoms with E-state index < -0.39 is 0 Å². The Labute approximate surface area is 86.5 Å². The minimum absolute atomic E-state index is 0.327. The number of nitrogens with zero attached hydrogens (tertiary/aromatic N) is 1. The molecule has 0 aliphatic heterocycles. The van der Waals surface area contributed by atoms with Crippen LogP contribution in [0.1, 0.15) is 5.89 Å². The summed E-state index contributed by atoms with van der Waals surface area (Å²) in [5.74, 6) is 0.785. The van der Waals surface area contributed by atoms with Crippen LogP contribution in [0.2, 0.25) is 0 Å². The Kier molecular flexibility index (Phi) is 2.41. The molecule has 0 N–H and O–H groups in total. The second-order valence-electron chi connectivity index (χ2n) is 3.10. The number of aryl methyl sites for hydroxylation is 1. The van der Waals surface area contributed by atoms with Gasteiger partial charge in [0, 0.05) is 12.5 Å². The average molecular weight is 207 g/mol. The fraction of sp³-hybridized carbons (Fsp3) is 0.182. The van der Waals surface area contributed by atoms with Crippen LogP contribution in [-0.2, 0) is 0 Å². The minimum Gasteiger partial charge on any atom is -0.496 e. The average Bonchev–Trinajstić information content (AvgIpc) is 2.65. The van der Waals surface area contributed by atoms with E-state index in [4.69, 9.17) is 9.15 Å². The van der Waals surface area contributed by atoms with Gasteiger partial charge in [0.2, 0.25) is 0 Å². The molecule has 15 heavy (non-hydrogen) atoms. The molecular formula is C11H10FNO2. The lowest BCUT2D eigenvalue weighted by atomic mass is 10.1. The fourth-order valence-corrected chi connectivity index (χ4v) is 1.37. The van der Waals surface area contributed by atoms with E-state index in [9.17, 15) is 4.39 Å². The van der Waals surface area contributed by atoms with Gasteiger partial charge in [0.15, 0.2) is 5.89 Å². The molecule has 4 heteroatoms. The molecule has 2 aromatic rings. The van der Waals surface area contributed by atoms with Gasteiger partial charge < -0.3 is 9.15 Å². The summed E-state index contributed by atoms with van der Waals surface area (Å²) < 4.78 is 23.2. The summed E-state index contributed by atoms with van der Waals surface area (Å²) in [5.41, 5.74) is 1.17. The monoisotopic (exact) mass is 207 g/mol. The number of oxazole rings is 1. The topological polar surface area (TPSA) is 35.3 Å². The molecule has 0 atom stereocenters. The van der Waals surface area contributed by atoms with Crippen molar-refractivity contribution in [3.05, 3.63) is 36.2 Å². The van der Waals surface area contributed by atoms with Crippen molar-refractivity contribution in [2.24, 2.45) is 0 Å². The Morgan fingerprint density at radius 1 is 1.40 bits per heavy atom. The van der Waals surface area contributed by atoms with Gasteiger partial charge in [0.05, 0.1) is 7.11 Å². The van der Waals surface area contributed by atoms with Crippen molar-refractivity contribution in [2.45, 2.75) is 6.92 Å². The highest BCUT2D eigenvalue weighted by atomic mass is 19.1. The number of hydrogen-bond acceptors (Lipinski definition) is 3. The smallest absolute Gasteiger partial charge is 0.191 e. The molecule has 0 saturated carbocycles. The standard InChI is InChI=1S/C11H10FNO2/c1-7-13-10(6-15-7)9-5-8(12)3-4-11(9)14-2/h3-6H,1-2H3. The van der Waals surface area contributed by atoms with Gasteiger partial charge in [-0.1, -0.05) is 0 Å². The molecule has 3 nitrogen and oxygen atoms in total. The lowest BCUT2D eigenvalue weighted by Crippen LogP contribution is -1.89. The first-order valence-corrected chi connectivity index (χ1v) is 4.47. The maximum atomic E-state index is 13.1. The molecule has 0 amide bonds. The third-order valence-electron chi connectivity index (χ3n) is 2.06. The van der Waals surface area contributed by atoms with Gasteiger partial charge in [-0.25, -0.2) is 9.37 Å². The summed E-state index contributed by atoms with van der Waals surface area (Å²) >= 11 is 0. The highest BCUT2D eigenvalue weighted by molar-refractivity contribution is 5.66. The molecule has 0 bridgehead atoms. The van der Waals surface area contributed by atoms with Gasteiger partial charge in [-0.15, -0.1) is 0 Å². The minimum atomic E-state index is -0.327. The second-order valence-corrected chi connectivity index (χ2v) is 3.10. The van der Waals surface area contributed by atoms with Crippen molar-refractivity contribution < 1.29 is 13.5 Å². The number of hydrogen-bond donors (Lipinski definition) is 0. The lowest BCUT2D eigenvalue weighted by molar-refractivity contribution is 0.415. The number of benzene rings is 1. The van der Waals surface area contributed by atoms with Gasteiger partial charge >= 0.3 is 0 Å². The van der Waals surface area contributed by atoms with Crippen LogP contribution < -0.4 is 4.74 Å². The molecule has 1 aromatic heterocycles. The van der Waals surface area contributed by atoms with Crippen LogP contribution in [0.25, 0.3) is 11.3 Å². The van der Waals surface area contributed by atoms with E-state index in [2.05, 4.69) is 4.98 Å². The van der Waals surface area contributed by atoms with Crippen molar-refractivity contribution >= 4 is 0 Å². The van der Waals surface area contributed by atoms with Crippen molar-refractivity contribution in [3.63, 3.8) is 0 Å². The van der Waals surface area contributed by atoms with Crippen LogP contribution in [0.4, 0.5) is 4.39 Å². The number of ether oxygens (including phenoxy) is 1. The van der Waals surface area contributed by atoms with Crippen LogP contribution in [0, 0.1) is 12.7 Å². The van der Waals surface area contributed by atoms with Crippen LogP contribution >= 0.6 is 0 Å². The molecule has 1 heterocycles. The molecule has 78 valence electrons. The fourth-order valence-electron chi connectivity index (χ4n) is 1.37. The third-order valence-corrected chi connectivity index (χ3v) is 2.06. The quantitative estimate of drug-likeness (QED) is 0.759. The van der Waals surface area contributed by atoms with Gasteiger partial charge in [-0.2, -0.15) is 0 Å². The molecule has 0 saturated heterocycles. The van der Waals surface area contributed by atoms with Gasteiger partial charge in [-0.05, 0) is 18.2 Å². The molecule has 1 aromatic carbocycles. The zero-order valence-electron chi connectivity index (χ0n) is 8.45. The molecule has 0 aliphatic carbocycles. The SMILES string of the molecule is COc1ccc(F)cc1-c1coc(C)n1. The predicted molar refractivity (Wildman–Crippen MR) is 53.2 cm³/mol. The molecule has 0 spiro atoms. The Balaban J connectivity index is 2.55. The summed E-state index contributed by atoms with van der Waals surface area (Å²) in [6.07, 6.45) is 1.48. The van der Waals surface area contributed by atoms with Crippen LogP contribution in [0.5, 0.6) is 5.75 Å². The first kappa shape index (κ1) is 9.71. The summed E-state index contributed by atoms with van der Waals surface area (Å²) in [6, 6.07) is 4.28. The van der Waals surface area contributed by atoms with Crippen LogP contribution in [0.3, 0.4) is 0 Å². The first-order valence-electron chi connectivity index (χ1n) is 4.47. The predicted octanol–water partition coefficient (Wildman–Crippen LogP) is 2.80. The maximum absolute atomic E-state index is 13.1. The Hall–Kier alpha value is -1.84. The van der Waals surface area contributed by atoms with E-state index >= 15 is 0 Å². The zero-order chi connectivity index (χ0) is 10.8. The van der Waals surface area contributed by atoms with Crippen molar-refractivity contribution in [3.8, 4) is 17.0 Å². The Morgan fingerprint density at radius 3 is 2.80 bits per heavy atom. The van der Waals surface area contributed by atoms with Crippen molar-refractivity contribution in [1.29, 1.82) is 0 Å². The van der Waals surface area contributed by atoms with E-state index in [-0.39, 0.29) is 5.82 Å². The summed E-state index contributed by atoms with van der Waals surface area (Å²) in [4.78, 5) is 4.12. The van der Waals surface area contributed by atoms with E-state index in [1.54, 1.807) is 13.0 Å². The van der Waals surface area contributed by atoms with E-state index in [1.165, 1.54) is 25.5 Å². The van der Waals surface area contributed by atoms with Gasteiger partial charge in [-0.3, -0.25) is 0 Å². The Morgan fingerprint density at radius 2 is 2.20 bits per heavy atom. The maximum Gasteiger partial charge on any atom is 0.191 e. The lowest BCUT2D eigenvalue weighted by Gasteiger charge is -2.04. The second kappa shape index (κ2) is 3.73. The summed E-state index contributed by atoms with van der Waals surface area (Å²) in [5, 5.41) is 0. The number of methoxy groups -OCH3 is 1. The molecule has 0 unspecified atom stereocenters. The van der Waals surface area contributed by atoms with Crippen molar-refractivity contribution in [1.82, 2.24) is 4.98 Å². The Bertz CT molecular complexity index is 479. The molecule has 2 rings (SSSR count). The molecule has 0 aliphatic rings. The van der Waals surface area contributed by atoms with Crippen LogP contribution in [0.15, 0.2) is 28.9 Å². The van der Waals surface area contributed by atoms with E-state index in [0.717, 1.165) is 0 Å². The largest absolute Gasteiger partial charge is 0.496 e. The van der Waals surface area contributed by atoms with Crippen LogP contribution in [-0.4, -0.2) is 12.1 Å². The summed E-state index contributed by atoms with van der Waals surface area (Å²) in [6.45, 7) is 1.73. The normalized spacial score (nSPS) is 10.3. The number of halogens is 1. The molecular weight excluding hydrogens is 197 g/mol. The van der Waals surface area contributed by atoms with E-state index in [0.29, 0.717) is 22.9 Å². The zero-order valence-corrected chi connectivity index (χ0v) is 8.45. The van der Waals surface area contributed by atoms with Gasteiger partial charge in [0.1, 0.15) is 23.5 Å². The highest BCUT2D eigenvalue weighted by Crippen LogP contribution is 2.29. The van der Waals surface area contributed by atoms with Crippen molar-refractivity contribution in [2.75, 3.05) is 7.11 Å². The third kappa shape index (κ3) is 1.83. The highest BCUT2D eigenvalue weighted by Gasteiger charge is 2.10. The molecule has 0 radical (unpaired) electrons. The van der Waals surface area contributed by atoms with Gasteiger partial charge in [0.25, 0.3) is 0 Å².